The van der Waals surface area contributed by atoms with Gasteiger partial charge >= 0.3 is 8.80 Å². The molecule has 6 heteroatoms. The largest absolute Gasteiger partial charge is 0.501 e. The highest BCUT2D eigenvalue weighted by Gasteiger charge is 2.38. The maximum absolute atomic E-state index is 5.66. The van der Waals surface area contributed by atoms with Gasteiger partial charge in [0.25, 0.3) is 0 Å². The van der Waals surface area contributed by atoms with Crippen molar-refractivity contribution in [3.8, 4) is 0 Å². The maximum Gasteiger partial charge on any atom is 0.501 e. The minimum absolute atomic E-state index is 0.510. The molecule has 1 rings (SSSR count). The lowest BCUT2D eigenvalue weighted by Gasteiger charge is -2.27. The molecule has 0 aromatic carbocycles. The van der Waals surface area contributed by atoms with Crippen LogP contribution in [-0.4, -0.2) is 49.4 Å². The molecule has 5 nitrogen and oxygen atoms in total. The van der Waals surface area contributed by atoms with Gasteiger partial charge in [-0.25, -0.2) is 0 Å². The van der Waals surface area contributed by atoms with Crippen LogP contribution in [0.5, 0.6) is 0 Å². The van der Waals surface area contributed by atoms with Crippen LogP contribution in [0.15, 0.2) is 0 Å². The molecule has 0 aromatic rings. The molecule has 0 unspecified atom stereocenters. The number of rotatable bonds is 2. The fraction of sp³-hybridized carbons (Fsp3) is 1.00. The minimum atomic E-state index is -2.37. The first-order valence-electron chi connectivity index (χ1n) is 4.99. The van der Waals surface area contributed by atoms with E-state index in [1.165, 1.54) is 0 Å². The molecule has 0 radical (unpaired) electrons. The normalized spacial score (nSPS) is 24.4. The monoisotopic (exact) mass is 220 g/mol. The second-order valence-electron chi connectivity index (χ2n) is 3.23. The van der Waals surface area contributed by atoms with Gasteiger partial charge in [0, 0.05) is 33.4 Å². The Hall–Kier alpha value is 0.0169. The Kier molecular flexibility index (Phi) is 5.60. The van der Waals surface area contributed by atoms with E-state index in [1.54, 1.807) is 14.2 Å². The summed E-state index contributed by atoms with van der Waals surface area (Å²) in [5.74, 6) is 0. The van der Waals surface area contributed by atoms with Crippen molar-refractivity contribution in [1.29, 1.82) is 0 Å². The van der Waals surface area contributed by atoms with E-state index in [9.17, 15) is 0 Å². The van der Waals surface area contributed by atoms with E-state index in [4.69, 9.17) is 13.3 Å². The van der Waals surface area contributed by atoms with Crippen molar-refractivity contribution >= 4 is 8.80 Å². The Balaban J connectivity index is 2.44. The Labute approximate surface area is 86.5 Å². The van der Waals surface area contributed by atoms with Gasteiger partial charge in [-0.2, -0.15) is 0 Å². The summed E-state index contributed by atoms with van der Waals surface area (Å²) in [6, 6.07) is 0.870. The zero-order chi connectivity index (χ0) is 10.3. The molecule has 0 aromatic heterocycles. The van der Waals surface area contributed by atoms with Crippen LogP contribution in [0.3, 0.4) is 0 Å². The molecule has 0 saturated carbocycles. The van der Waals surface area contributed by atoms with Crippen molar-refractivity contribution in [3.05, 3.63) is 0 Å². The van der Waals surface area contributed by atoms with Crippen LogP contribution < -0.4 is 10.6 Å². The van der Waals surface area contributed by atoms with E-state index < -0.39 is 8.80 Å². The zero-order valence-electron chi connectivity index (χ0n) is 8.97. The molecule has 84 valence electrons. The third-order valence-corrected chi connectivity index (χ3v) is 5.13. The van der Waals surface area contributed by atoms with Gasteiger partial charge in [0.05, 0.1) is 6.73 Å². The topological polar surface area (TPSA) is 51.8 Å². The van der Waals surface area contributed by atoms with E-state index in [-0.39, 0.29) is 0 Å². The third kappa shape index (κ3) is 3.64. The van der Waals surface area contributed by atoms with Crippen molar-refractivity contribution in [1.82, 2.24) is 10.6 Å². The van der Waals surface area contributed by atoms with Crippen molar-refractivity contribution in [2.45, 2.75) is 12.5 Å². The van der Waals surface area contributed by atoms with Crippen LogP contribution in [-0.2, 0) is 13.3 Å². The summed E-state index contributed by atoms with van der Waals surface area (Å²) in [6.45, 7) is 3.40. The van der Waals surface area contributed by atoms with Gasteiger partial charge < -0.3 is 18.6 Å². The van der Waals surface area contributed by atoms with Crippen molar-refractivity contribution in [3.63, 3.8) is 0 Å². The molecule has 1 aliphatic rings. The molecule has 1 aliphatic heterocycles. The molecule has 0 atom stereocenters. The summed E-state index contributed by atoms with van der Waals surface area (Å²) < 4.78 is 16.4. The Bertz CT molecular complexity index is 144. The standard InChI is InChI=1S/C8H20N2O3Si/c1-11-14(12-2)7-3-4-9-5-6-10-8-13-14/h9-10H,3-8H2,1-2H3. The second-order valence-corrected chi connectivity index (χ2v) is 6.20. The van der Waals surface area contributed by atoms with E-state index >= 15 is 0 Å². The van der Waals surface area contributed by atoms with Crippen LogP contribution in [0.1, 0.15) is 6.42 Å². The molecular formula is C8H20N2O3Si. The van der Waals surface area contributed by atoms with Crippen LogP contribution in [0.2, 0.25) is 6.04 Å². The third-order valence-electron chi connectivity index (χ3n) is 2.33. The highest BCUT2D eigenvalue weighted by molar-refractivity contribution is 6.60. The van der Waals surface area contributed by atoms with Gasteiger partial charge in [-0.05, 0) is 13.0 Å². The van der Waals surface area contributed by atoms with Crippen LogP contribution in [0.25, 0.3) is 0 Å². The molecule has 1 fully saturated rings. The molecular weight excluding hydrogens is 200 g/mol. The second kappa shape index (κ2) is 6.49. The summed E-state index contributed by atoms with van der Waals surface area (Å²) in [6.07, 6.45) is 1.04. The van der Waals surface area contributed by atoms with E-state index in [1.807, 2.05) is 0 Å². The summed E-state index contributed by atoms with van der Waals surface area (Å²) in [7, 11) is 0.953. The van der Waals surface area contributed by atoms with Crippen LogP contribution in [0.4, 0.5) is 0 Å². The summed E-state index contributed by atoms with van der Waals surface area (Å²) >= 11 is 0. The van der Waals surface area contributed by atoms with Gasteiger partial charge in [-0.15, -0.1) is 0 Å². The highest BCUT2D eigenvalue weighted by Crippen LogP contribution is 2.15. The van der Waals surface area contributed by atoms with Gasteiger partial charge in [-0.3, -0.25) is 5.32 Å². The SMILES string of the molecule is CO[Si]1(OC)CCCNCCNCO1. The molecule has 0 amide bonds. The predicted octanol–water partition coefficient (Wildman–Crippen LogP) is -0.225. The van der Waals surface area contributed by atoms with E-state index in [0.717, 1.165) is 32.1 Å². The van der Waals surface area contributed by atoms with E-state index in [0.29, 0.717) is 6.73 Å². The fourth-order valence-electron chi connectivity index (χ4n) is 1.44. The van der Waals surface area contributed by atoms with Crippen molar-refractivity contribution in [2.75, 3.05) is 40.6 Å². The fourth-order valence-corrected chi connectivity index (χ4v) is 3.33. The highest BCUT2D eigenvalue weighted by atomic mass is 28.4. The number of nitrogens with one attached hydrogen (secondary N) is 2. The Morgan fingerprint density at radius 3 is 2.50 bits per heavy atom. The first kappa shape index (κ1) is 12.1. The van der Waals surface area contributed by atoms with Crippen molar-refractivity contribution < 1.29 is 13.3 Å². The van der Waals surface area contributed by atoms with Crippen molar-refractivity contribution in [2.24, 2.45) is 0 Å². The zero-order valence-corrected chi connectivity index (χ0v) is 9.97. The molecule has 0 bridgehead atoms. The molecule has 1 heterocycles. The van der Waals surface area contributed by atoms with Gasteiger partial charge in [0.2, 0.25) is 0 Å². The smallest absolute Gasteiger partial charge is 0.377 e. The van der Waals surface area contributed by atoms with Gasteiger partial charge in [0.15, 0.2) is 0 Å². The van der Waals surface area contributed by atoms with Crippen LogP contribution in [0, 0.1) is 0 Å². The lowest BCUT2D eigenvalue weighted by Crippen LogP contribution is -2.47. The number of hydrogen-bond donors (Lipinski definition) is 2. The minimum Gasteiger partial charge on any atom is -0.377 e. The predicted molar refractivity (Wildman–Crippen MR) is 56.0 cm³/mol. The first-order valence-corrected chi connectivity index (χ1v) is 6.92. The molecule has 0 aliphatic carbocycles. The lowest BCUT2D eigenvalue weighted by atomic mass is 10.4. The molecule has 1 saturated heterocycles. The molecule has 0 spiro atoms. The number of hydrogen-bond acceptors (Lipinski definition) is 5. The van der Waals surface area contributed by atoms with E-state index in [2.05, 4.69) is 10.6 Å². The summed E-state index contributed by atoms with van der Waals surface area (Å²) in [5, 5.41) is 6.50. The quantitative estimate of drug-likeness (QED) is 0.630. The summed E-state index contributed by atoms with van der Waals surface area (Å²) in [4.78, 5) is 0. The average molecular weight is 220 g/mol. The molecule has 14 heavy (non-hydrogen) atoms. The first-order chi connectivity index (χ1) is 6.83. The Morgan fingerprint density at radius 2 is 1.79 bits per heavy atom. The van der Waals surface area contributed by atoms with Gasteiger partial charge in [0.1, 0.15) is 0 Å². The van der Waals surface area contributed by atoms with Gasteiger partial charge in [-0.1, -0.05) is 0 Å². The molecule has 2 N–H and O–H groups in total. The lowest BCUT2D eigenvalue weighted by molar-refractivity contribution is 0.0886. The average Bonchev–Trinajstić information content (AvgIpc) is 2.26. The van der Waals surface area contributed by atoms with Crippen LogP contribution >= 0.6 is 0 Å². The maximum atomic E-state index is 5.66. The summed E-state index contributed by atoms with van der Waals surface area (Å²) in [5.41, 5.74) is 0. The Morgan fingerprint density at radius 1 is 1.07 bits per heavy atom.